The molecule has 0 atom stereocenters. The van der Waals surface area contributed by atoms with Gasteiger partial charge in [-0.3, -0.25) is 14.9 Å². The van der Waals surface area contributed by atoms with Crippen LogP contribution in [0, 0.1) is 16.0 Å². The van der Waals surface area contributed by atoms with Crippen LogP contribution >= 0.6 is 11.6 Å². The molecule has 104 valence electrons. The van der Waals surface area contributed by atoms with Crippen LogP contribution in [-0.4, -0.2) is 28.7 Å². The molecule has 0 N–H and O–H groups in total. The van der Waals surface area contributed by atoms with Gasteiger partial charge in [-0.05, 0) is 30.5 Å². The Morgan fingerprint density at radius 2 is 2.05 bits per heavy atom. The molecule has 0 radical (unpaired) electrons. The Morgan fingerprint density at radius 3 is 2.65 bits per heavy atom. The van der Waals surface area contributed by atoms with E-state index >= 15 is 0 Å². The van der Waals surface area contributed by atoms with Crippen molar-refractivity contribution in [2.75, 3.05) is 13.1 Å². The lowest BCUT2D eigenvalue weighted by molar-refractivity contribution is -0.384. The average Bonchev–Trinajstić information content (AvgIpc) is 2.45. The highest BCUT2D eigenvalue weighted by molar-refractivity contribution is 6.32. The number of carbonyl (C=O) groups is 1. The number of nitro benzene ring substituents is 1. The molecule has 6 heteroatoms. The SMILES string of the molecule is O=C1/C(=C/c2ccc(Cl)c([N+](=O)[O-])c2)N2CCC1CC2. The van der Waals surface area contributed by atoms with Gasteiger partial charge in [0.25, 0.3) is 5.69 Å². The van der Waals surface area contributed by atoms with Gasteiger partial charge in [-0.1, -0.05) is 17.7 Å². The number of carbonyl (C=O) groups excluding carboxylic acids is 1. The Kier molecular flexibility index (Phi) is 3.22. The predicted octanol–water partition coefficient (Wildman–Crippen LogP) is 2.88. The molecule has 1 aromatic carbocycles. The molecule has 3 aliphatic rings. The molecule has 0 spiro atoms. The zero-order valence-electron chi connectivity index (χ0n) is 10.7. The maximum absolute atomic E-state index is 12.2. The quantitative estimate of drug-likeness (QED) is 0.478. The van der Waals surface area contributed by atoms with Crippen LogP contribution in [0.1, 0.15) is 18.4 Å². The Hall–Kier alpha value is -1.88. The van der Waals surface area contributed by atoms with Crippen LogP contribution in [0.15, 0.2) is 23.9 Å². The number of benzene rings is 1. The number of hydrogen-bond donors (Lipinski definition) is 0. The van der Waals surface area contributed by atoms with Gasteiger partial charge in [0.2, 0.25) is 0 Å². The summed E-state index contributed by atoms with van der Waals surface area (Å²) in [6.07, 6.45) is 3.56. The second-order valence-electron chi connectivity index (χ2n) is 5.12. The van der Waals surface area contributed by atoms with Crippen molar-refractivity contribution >= 4 is 29.1 Å². The molecule has 2 bridgehead atoms. The van der Waals surface area contributed by atoms with Crippen LogP contribution in [0.2, 0.25) is 5.02 Å². The molecule has 3 saturated heterocycles. The van der Waals surface area contributed by atoms with Crippen molar-refractivity contribution in [1.29, 1.82) is 0 Å². The summed E-state index contributed by atoms with van der Waals surface area (Å²) in [4.78, 5) is 24.6. The van der Waals surface area contributed by atoms with Gasteiger partial charge >= 0.3 is 0 Å². The topological polar surface area (TPSA) is 63.4 Å². The lowest BCUT2D eigenvalue weighted by Crippen LogP contribution is -2.45. The van der Waals surface area contributed by atoms with E-state index in [4.69, 9.17) is 11.6 Å². The zero-order chi connectivity index (χ0) is 14.3. The van der Waals surface area contributed by atoms with Crippen LogP contribution in [0.25, 0.3) is 6.08 Å². The van der Waals surface area contributed by atoms with Gasteiger partial charge < -0.3 is 4.90 Å². The van der Waals surface area contributed by atoms with E-state index in [0.29, 0.717) is 11.3 Å². The van der Waals surface area contributed by atoms with Crippen molar-refractivity contribution in [2.45, 2.75) is 12.8 Å². The van der Waals surface area contributed by atoms with E-state index in [9.17, 15) is 14.9 Å². The Morgan fingerprint density at radius 1 is 1.35 bits per heavy atom. The minimum absolute atomic E-state index is 0.106. The summed E-state index contributed by atoms with van der Waals surface area (Å²) in [6, 6.07) is 4.60. The van der Waals surface area contributed by atoms with Crippen molar-refractivity contribution in [1.82, 2.24) is 4.90 Å². The molecule has 0 aliphatic carbocycles. The maximum Gasteiger partial charge on any atom is 0.288 e. The minimum atomic E-state index is -0.514. The van der Waals surface area contributed by atoms with Crippen molar-refractivity contribution in [2.24, 2.45) is 5.92 Å². The number of nitrogens with zero attached hydrogens (tertiary/aromatic N) is 2. The van der Waals surface area contributed by atoms with E-state index in [0.717, 1.165) is 25.9 Å². The summed E-state index contributed by atoms with van der Waals surface area (Å²) >= 11 is 5.79. The van der Waals surface area contributed by atoms with Gasteiger partial charge in [0.15, 0.2) is 5.78 Å². The lowest BCUT2D eigenvalue weighted by Gasteiger charge is -2.41. The number of hydrogen-bond acceptors (Lipinski definition) is 4. The molecule has 0 amide bonds. The maximum atomic E-state index is 12.2. The van der Waals surface area contributed by atoms with Crippen LogP contribution in [0.3, 0.4) is 0 Å². The number of nitro groups is 1. The minimum Gasteiger partial charge on any atom is -0.369 e. The number of halogens is 1. The Bertz CT molecular complexity index is 619. The third-order valence-corrected chi connectivity index (χ3v) is 4.25. The summed E-state index contributed by atoms with van der Waals surface area (Å²) in [7, 11) is 0. The number of fused-ring (bicyclic) bond motifs is 3. The van der Waals surface area contributed by atoms with Crippen LogP contribution in [-0.2, 0) is 4.79 Å². The highest BCUT2D eigenvalue weighted by Crippen LogP contribution is 2.33. The number of piperidine rings is 3. The zero-order valence-corrected chi connectivity index (χ0v) is 11.5. The number of ketones is 1. The summed E-state index contributed by atoms with van der Waals surface area (Å²) in [6.45, 7) is 1.77. The third-order valence-electron chi connectivity index (χ3n) is 3.93. The number of Topliss-reactive ketones (excluding diaryl/α,β-unsaturated/α-hetero) is 1. The normalized spacial score (nSPS) is 20.8. The first-order chi connectivity index (χ1) is 9.56. The molecule has 5 nitrogen and oxygen atoms in total. The molecule has 0 unspecified atom stereocenters. The van der Waals surface area contributed by atoms with Gasteiger partial charge in [-0.25, -0.2) is 0 Å². The van der Waals surface area contributed by atoms with Crippen molar-refractivity contribution in [3.05, 3.63) is 44.6 Å². The lowest BCUT2D eigenvalue weighted by atomic mass is 9.84. The van der Waals surface area contributed by atoms with E-state index in [1.807, 2.05) is 0 Å². The van der Waals surface area contributed by atoms with E-state index in [2.05, 4.69) is 4.90 Å². The second-order valence-corrected chi connectivity index (χ2v) is 5.53. The van der Waals surface area contributed by atoms with Crippen LogP contribution < -0.4 is 0 Å². The van der Waals surface area contributed by atoms with E-state index < -0.39 is 4.92 Å². The van der Waals surface area contributed by atoms with Gasteiger partial charge in [-0.15, -0.1) is 0 Å². The predicted molar refractivity (Wildman–Crippen MR) is 75.4 cm³/mol. The Labute approximate surface area is 121 Å². The van der Waals surface area contributed by atoms with E-state index in [1.165, 1.54) is 12.1 Å². The van der Waals surface area contributed by atoms with Gasteiger partial charge in [0, 0.05) is 25.1 Å². The first-order valence-corrected chi connectivity index (χ1v) is 6.89. The fourth-order valence-electron chi connectivity index (χ4n) is 2.83. The van der Waals surface area contributed by atoms with Gasteiger partial charge in [0.1, 0.15) is 5.02 Å². The second kappa shape index (κ2) is 4.90. The summed E-state index contributed by atoms with van der Waals surface area (Å²) < 4.78 is 0. The van der Waals surface area contributed by atoms with Gasteiger partial charge in [-0.2, -0.15) is 0 Å². The van der Waals surface area contributed by atoms with Crippen LogP contribution in [0.5, 0.6) is 0 Å². The molecule has 3 aliphatic heterocycles. The highest BCUT2D eigenvalue weighted by Gasteiger charge is 2.36. The van der Waals surface area contributed by atoms with E-state index in [-0.39, 0.29) is 22.4 Å². The monoisotopic (exact) mass is 292 g/mol. The summed E-state index contributed by atoms with van der Waals surface area (Å²) in [5, 5.41) is 11.0. The molecule has 20 heavy (non-hydrogen) atoms. The molecule has 4 rings (SSSR count). The van der Waals surface area contributed by atoms with Crippen molar-refractivity contribution < 1.29 is 9.72 Å². The van der Waals surface area contributed by atoms with E-state index in [1.54, 1.807) is 12.1 Å². The summed E-state index contributed by atoms with van der Waals surface area (Å²) in [5.41, 5.74) is 1.17. The number of rotatable bonds is 2. The van der Waals surface area contributed by atoms with Crippen molar-refractivity contribution in [3.63, 3.8) is 0 Å². The molecule has 3 fully saturated rings. The fourth-order valence-corrected chi connectivity index (χ4v) is 3.01. The number of allylic oxidation sites excluding steroid dienone is 1. The van der Waals surface area contributed by atoms with Crippen molar-refractivity contribution in [3.8, 4) is 0 Å². The smallest absolute Gasteiger partial charge is 0.288 e. The molecular formula is C14H13ClN2O3. The fraction of sp³-hybridized carbons (Fsp3) is 0.357. The highest BCUT2D eigenvalue weighted by atomic mass is 35.5. The summed E-state index contributed by atoms with van der Waals surface area (Å²) in [5.74, 6) is 0.272. The molecule has 0 saturated carbocycles. The molecule has 0 aromatic heterocycles. The Balaban J connectivity index is 1.98. The molecular weight excluding hydrogens is 280 g/mol. The molecule has 3 heterocycles. The first-order valence-electron chi connectivity index (χ1n) is 6.51. The first kappa shape index (κ1) is 13.1. The largest absolute Gasteiger partial charge is 0.369 e. The van der Waals surface area contributed by atoms with Crippen LogP contribution in [0.4, 0.5) is 5.69 Å². The standard InChI is InChI=1S/C14H13ClN2O3/c15-11-2-1-9(7-12(11)17(19)20)8-13-14(18)10-3-5-16(13)6-4-10/h1-2,7-8,10H,3-6H2/b13-8-. The molecule has 1 aromatic rings. The average molecular weight is 293 g/mol. The third kappa shape index (κ3) is 2.18. The van der Waals surface area contributed by atoms with Gasteiger partial charge in [0.05, 0.1) is 10.6 Å².